The molecule has 1 aliphatic heterocycles. The molecule has 4 nitrogen and oxygen atoms in total. The van der Waals surface area contributed by atoms with Gasteiger partial charge in [-0.05, 0) is 12.3 Å². The molecule has 0 radical (unpaired) electrons. The Morgan fingerprint density at radius 2 is 1.82 bits per heavy atom. The average Bonchev–Trinajstić information content (AvgIpc) is 2.30. The zero-order chi connectivity index (χ0) is 12.8. The monoisotopic (exact) mass is 241 g/mol. The van der Waals surface area contributed by atoms with Crippen molar-refractivity contribution >= 4 is 5.91 Å². The largest absolute Gasteiger partial charge is 0.340 e. The molecule has 1 amide bonds. The third-order valence-corrected chi connectivity index (χ3v) is 3.43. The van der Waals surface area contributed by atoms with E-state index in [1.165, 1.54) is 0 Å². The first-order valence-electron chi connectivity index (χ1n) is 6.79. The molecule has 17 heavy (non-hydrogen) atoms. The van der Waals surface area contributed by atoms with Crippen molar-refractivity contribution in [1.82, 2.24) is 9.80 Å². The van der Waals surface area contributed by atoms with Crippen molar-refractivity contribution in [3.05, 3.63) is 0 Å². The second-order valence-corrected chi connectivity index (χ2v) is 5.36. The van der Waals surface area contributed by atoms with Gasteiger partial charge >= 0.3 is 0 Å². The summed E-state index contributed by atoms with van der Waals surface area (Å²) in [5.41, 5.74) is 5.63. The Morgan fingerprint density at radius 1 is 1.24 bits per heavy atom. The molecule has 2 N–H and O–H groups in total. The number of rotatable bonds is 5. The van der Waals surface area contributed by atoms with Crippen molar-refractivity contribution in [3.8, 4) is 0 Å². The Bertz CT molecular complexity index is 231. The lowest BCUT2D eigenvalue weighted by Gasteiger charge is -2.36. The number of piperazine rings is 1. The average molecular weight is 241 g/mol. The fourth-order valence-electron chi connectivity index (χ4n) is 2.37. The van der Waals surface area contributed by atoms with Crippen molar-refractivity contribution in [2.45, 2.75) is 27.2 Å². The molecule has 0 aliphatic carbocycles. The van der Waals surface area contributed by atoms with Crippen molar-refractivity contribution in [2.75, 3.05) is 39.3 Å². The van der Waals surface area contributed by atoms with Crippen LogP contribution in [0, 0.1) is 11.8 Å². The number of hydrogen-bond acceptors (Lipinski definition) is 3. The summed E-state index contributed by atoms with van der Waals surface area (Å²) < 4.78 is 0. The molecular formula is C13H27N3O. The van der Waals surface area contributed by atoms with Crippen LogP contribution in [0.15, 0.2) is 0 Å². The summed E-state index contributed by atoms with van der Waals surface area (Å²) in [6.45, 7) is 11.8. The fraction of sp³-hybridized carbons (Fsp3) is 0.923. The summed E-state index contributed by atoms with van der Waals surface area (Å²) in [4.78, 5) is 16.5. The maximum atomic E-state index is 12.1. The molecule has 0 aromatic heterocycles. The lowest BCUT2D eigenvalue weighted by Crippen LogP contribution is -2.51. The van der Waals surface area contributed by atoms with Gasteiger partial charge in [0.1, 0.15) is 0 Å². The number of amides is 1. The molecular weight excluding hydrogens is 214 g/mol. The van der Waals surface area contributed by atoms with E-state index in [9.17, 15) is 4.79 Å². The van der Waals surface area contributed by atoms with Gasteiger partial charge in [-0.25, -0.2) is 0 Å². The van der Waals surface area contributed by atoms with Crippen LogP contribution in [-0.4, -0.2) is 55.0 Å². The molecule has 1 unspecified atom stereocenters. The summed E-state index contributed by atoms with van der Waals surface area (Å²) in [7, 11) is 0. The van der Waals surface area contributed by atoms with Gasteiger partial charge in [0.15, 0.2) is 0 Å². The molecule has 0 aromatic carbocycles. The summed E-state index contributed by atoms with van der Waals surface area (Å²) in [6, 6.07) is 0. The van der Waals surface area contributed by atoms with Gasteiger partial charge in [-0.2, -0.15) is 0 Å². The third kappa shape index (κ3) is 4.28. The van der Waals surface area contributed by atoms with Crippen LogP contribution in [0.1, 0.15) is 27.2 Å². The molecule has 1 atom stereocenters. The van der Waals surface area contributed by atoms with E-state index in [1.807, 2.05) is 11.8 Å². The maximum absolute atomic E-state index is 12.1. The van der Waals surface area contributed by atoms with Crippen molar-refractivity contribution in [2.24, 2.45) is 17.6 Å². The smallest absolute Gasteiger partial charge is 0.227 e. The van der Waals surface area contributed by atoms with Gasteiger partial charge in [0.2, 0.25) is 5.91 Å². The lowest BCUT2D eigenvalue weighted by molar-refractivity contribution is -0.137. The summed E-state index contributed by atoms with van der Waals surface area (Å²) in [5, 5.41) is 0. The number of carbonyl (C=O) groups is 1. The number of carbonyl (C=O) groups excluding carboxylic acids is 1. The number of hydrogen-bond donors (Lipinski definition) is 1. The molecule has 0 saturated carbocycles. The molecule has 4 heteroatoms. The highest BCUT2D eigenvalue weighted by Crippen LogP contribution is 2.10. The number of nitrogens with two attached hydrogens (primary N) is 1. The number of nitrogens with zero attached hydrogens (tertiary/aromatic N) is 2. The zero-order valence-electron chi connectivity index (χ0n) is 11.5. The molecule has 0 aromatic rings. The summed E-state index contributed by atoms with van der Waals surface area (Å²) >= 11 is 0. The van der Waals surface area contributed by atoms with E-state index < -0.39 is 0 Å². The van der Waals surface area contributed by atoms with Gasteiger partial charge in [-0.15, -0.1) is 0 Å². The van der Waals surface area contributed by atoms with E-state index in [4.69, 9.17) is 5.73 Å². The van der Waals surface area contributed by atoms with Crippen molar-refractivity contribution < 1.29 is 4.79 Å². The first kappa shape index (κ1) is 14.5. The van der Waals surface area contributed by atoms with Gasteiger partial charge in [0.05, 0.1) is 5.92 Å². The minimum atomic E-state index is 0.0200. The Kier molecular flexibility index (Phi) is 5.92. The van der Waals surface area contributed by atoms with Gasteiger partial charge in [-0.1, -0.05) is 20.8 Å². The van der Waals surface area contributed by atoms with Crippen LogP contribution < -0.4 is 5.73 Å². The van der Waals surface area contributed by atoms with Crippen LogP contribution in [0.3, 0.4) is 0 Å². The van der Waals surface area contributed by atoms with Crippen LogP contribution in [-0.2, 0) is 4.79 Å². The maximum Gasteiger partial charge on any atom is 0.227 e. The minimum Gasteiger partial charge on any atom is -0.340 e. The van der Waals surface area contributed by atoms with Crippen molar-refractivity contribution in [3.63, 3.8) is 0 Å². The topological polar surface area (TPSA) is 49.6 Å². The van der Waals surface area contributed by atoms with E-state index >= 15 is 0 Å². The molecule has 1 rings (SSSR count). The molecule has 0 spiro atoms. The Morgan fingerprint density at radius 3 is 2.24 bits per heavy atom. The molecule has 1 aliphatic rings. The van der Waals surface area contributed by atoms with Crippen LogP contribution in [0.25, 0.3) is 0 Å². The van der Waals surface area contributed by atoms with E-state index in [-0.39, 0.29) is 11.8 Å². The quantitative estimate of drug-likeness (QED) is 0.773. The highest BCUT2D eigenvalue weighted by molar-refractivity contribution is 5.79. The minimum absolute atomic E-state index is 0.0200. The van der Waals surface area contributed by atoms with E-state index in [2.05, 4.69) is 18.7 Å². The summed E-state index contributed by atoms with van der Waals surface area (Å²) in [6.07, 6.45) is 0.849. The van der Waals surface area contributed by atoms with Crippen molar-refractivity contribution in [1.29, 1.82) is 0 Å². The molecule has 100 valence electrons. The van der Waals surface area contributed by atoms with Gasteiger partial charge < -0.3 is 10.6 Å². The third-order valence-electron chi connectivity index (χ3n) is 3.43. The predicted octanol–water partition coefficient (Wildman–Crippen LogP) is 0.772. The zero-order valence-corrected chi connectivity index (χ0v) is 11.5. The fourth-order valence-corrected chi connectivity index (χ4v) is 2.37. The van der Waals surface area contributed by atoms with Crippen LogP contribution >= 0.6 is 0 Å². The van der Waals surface area contributed by atoms with E-state index in [0.717, 1.165) is 39.1 Å². The van der Waals surface area contributed by atoms with E-state index in [0.29, 0.717) is 12.5 Å². The Labute approximate surface area is 105 Å². The predicted molar refractivity (Wildman–Crippen MR) is 70.7 cm³/mol. The normalized spacial score (nSPS) is 19.7. The second-order valence-electron chi connectivity index (χ2n) is 5.36. The van der Waals surface area contributed by atoms with Crippen LogP contribution in [0.4, 0.5) is 0 Å². The second kappa shape index (κ2) is 6.97. The Balaban J connectivity index is 2.38. The van der Waals surface area contributed by atoms with E-state index in [1.54, 1.807) is 0 Å². The highest BCUT2D eigenvalue weighted by Gasteiger charge is 2.25. The molecule has 0 bridgehead atoms. The summed E-state index contributed by atoms with van der Waals surface area (Å²) in [5.74, 6) is 0.968. The van der Waals surface area contributed by atoms with Crippen LogP contribution in [0.2, 0.25) is 0 Å². The van der Waals surface area contributed by atoms with Crippen LogP contribution in [0.5, 0.6) is 0 Å². The standard InChI is InChI=1S/C13H27N3O/c1-4-12(9-14)13(17)16-7-5-15(6-8-16)10-11(2)3/h11-12H,4-10,14H2,1-3H3. The van der Waals surface area contributed by atoms with Gasteiger partial charge in [0, 0.05) is 39.3 Å². The molecule has 1 fully saturated rings. The molecule has 1 saturated heterocycles. The highest BCUT2D eigenvalue weighted by atomic mass is 16.2. The van der Waals surface area contributed by atoms with Gasteiger partial charge in [0.25, 0.3) is 0 Å². The lowest BCUT2D eigenvalue weighted by atomic mass is 10.0. The first-order valence-corrected chi connectivity index (χ1v) is 6.79. The molecule has 1 heterocycles. The SMILES string of the molecule is CCC(CN)C(=O)N1CCN(CC(C)C)CC1. The Hall–Kier alpha value is -0.610. The first-order chi connectivity index (χ1) is 8.08. The van der Waals surface area contributed by atoms with Gasteiger partial charge in [-0.3, -0.25) is 9.69 Å².